The second kappa shape index (κ2) is 33.4. The van der Waals surface area contributed by atoms with E-state index in [0.717, 1.165) is 0 Å². The third kappa shape index (κ3) is 13.4. The van der Waals surface area contributed by atoms with Gasteiger partial charge in [0.2, 0.25) is 0 Å². The first-order chi connectivity index (χ1) is 70.3. The van der Waals surface area contributed by atoms with Crippen LogP contribution in [0.25, 0.3) is 252 Å². The second-order valence-electron chi connectivity index (χ2n) is 40.9. The molecule has 0 aromatic heterocycles. The Balaban J connectivity index is 0.000000107. The van der Waals surface area contributed by atoms with Gasteiger partial charge in [-0.1, -0.05) is 497 Å². The van der Waals surface area contributed by atoms with Crippen LogP contribution in [0, 0.1) is 0 Å². The maximum Gasteiger partial charge on any atom is 0.0159 e. The summed E-state index contributed by atoms with van der Waals surface area (Å²) < 4.78 is 0. The highest BCUT2D eigenvalue weighted by Crippen LogP contribution is 2.59. The average molecular weight is 1820 g/mol. The Morgan fingerprint density at radius 1 is 0.105 bits per heavy atom. The smallest absolute Gasteiger partial charge is 0.0159 e. The molecule has 0 unspecified atom stereocenters. The molecule has 143 heavy (non-hydrogen) atoms. The molecule has 26 aromatic carbocycles. The van der Waals surface area contributed by atoms with Gasteiger partial charge in [-0.2, -0.15) is 0 Å². The molecule has 0 fully saturated rings. The highest BCUT2D eigenvalue weighted by Gasteiger charge is 2.41. The van der Waals surface area contributed by atoms with Crippen LogP contribution in [0.1, 0.15) is 74.9 Å². The van der Waals surface area contributed by atoms with Crippen LogP contribution < -0.4 is 0 Å². The second-order valence-corrected chi connectivity index (χ2v) is 40.9. The molecule has 0 bridgehead atoms. The molecule has 0 spiro atoms. The maximum atomic E-state index is 2.47. The van der Waals surface area contributed by atoms with Crippen LogP contribution in [0.15, 0.2) is 497 Å². The minimum Gasteiger partial charge on any atom is -0.0622 e. The predicted molar refractivity (Wildman–Crippen MR) is 614 cm³/mol. The third-order valence-corrected chi connectivity index (χ3v) is 32.1. The highest BCUT2D eigenvalue weighted by molar-refractivity contribution is 6.29. The van der Waals surface area contributed by atoms with Crippen molar-refractivity contribution < 1.29 is 0 Å². The summed E-state index contributed by atoms with van der Waals surface area (Å²) >= 11 is 0. The molecule has 0 amide bonds. The molecule has 3 aliphatic carbocycles. The fourth-order valence-corrected chi connectivity index (χ4v) is 25.6. The van der Waals surface area contributed by atoms with E-state index in [1.807, 2.05) is 0 Å². The van der Waals surface area contributed by atoms with E-state index >= 15 is 0 Å². The van der Waals surface area contributed by atoms with Crippen LogP contribution in [-0.2, 0) is 16.2 Å². The zero-order valence-corrected chi connectivity index (χ0v) is 80.8. The molecule has 0 saturated heterocycles. The minimum absolute atomic E-state index is 0.0404. The lowest BCUT2D eigenvalue weighted by Crippen LogP contribution is -2.14. The number of hydrogen-bond donors (Lipinski definition) is 0. The van der Waals surface area contributed by atoms with E-state index in [0.29, 0.717) is 0 Å². The average Bonchev–Trinajstić information content (AvgIpc) is 0.917. The Labute approximate surface area is 834 Å². The monoisotopic (exact) mass is 1820 g/mol. The van der Waals surface area contributed by atoms with Crippen LogP contribution in [0.5, 0.6) is 0 Å². The van der Waals surface area contributed by atoms with Gasteiger partial charge in [-0.15, -0.1) is 0 Å². The van der Waals surface area contributed by atoms with Crippen molar-refractivity contribution in [3.05, 3.63) is 531 Å². The van der Waals surface area contributed by atoms with Crippen molar-refractivity contribution in [2.24, 2.45) is 0 Å². The van der Waals surface area contributed by atoms with Gasteiger partial charge >= 0.3 is 0 Å². The van der Waals surface area contributed by atoms with Crippen LogP contribution in [0.2, 0.25) is 0 Å². The molecule has 0 atom stereocenters. The SMILES string of the molecule is CC1(C)c2ccccc2-c2c(-c3cc(-c4c5ccccc5c(-c5ccc6ccccc6c5)c5ccccc45)c4ccccc4c3)cccc21.CC1(C)c2ccccc2-c2c(-c3cc(-c4c5ccccc5c(-c5cccc6ccccc56)c5ccccc45)c4ccccc4c3)cccc21.CC1(C)c2ccccc2-c2c(-c3cc(-c4c5ccccc5c(-c5ccccc5)c5ccccc45)c4ccccc4c3)cccc21. The normalized spacial score (nSPS) is 13.3. The topological polar surface area (TPSA) is 0 Å². The van der Waals surface area contributed by atoms with Gasteiger partial charge in [-0.3, -0.25) is 0 Å². The van der Waals surface area contributed by atoms with Crippen molar-refractivity contribution >= 4 is 118 Å². The third-order valence-electron chi connectivity index (χ3n) is 32.1. The van der Waals surface area contributed by atoms with Crippen molar-refractivity contribution in [2.75, 3.05) is 0 Å². The number of rotatable bonds is 9. The Kier molecular flexibility index (Phi) is 19.8. The molecule has 672 valence electrons. The van der Waals surface area contributed by atoms with Gasteiger partial charge in [0, 0.05) is 16.2 Å². The Hall–Kier alpha value is -17.4. The van der Waals surface area contributed by atoms with E-state index in [1.165, 1.54) is 285 Å². The summed E-state index contributed by atoms with van der Waals surface area (Å²) in [6, 6.07) is 185. The van der Waals surface area contributed by atoms with Gasteiger partial charge in [-0.25, -0.2) is 0 Å². The molecule has 0 aliphatic heterocycles. The molecular weight excluding hydrogens is 1720 g/mol. The molecular formula is C143H100. The molecule has 0 heterocycles. The van der Waals surface area contributed by atoms with E-state index in [9.17, 15) is 0 Å². The molecule has 0 radical (unpaired) electrons. The Bertz CT molecular complexity index is 9630. The van der Waals surface area contributed by atoms with E-state index < -0.39 is 0 Å². The first-order valence-corrected chi connectivity index (χ1v) is 50.4. The fourth-order valence-electron chi connectivity index (χ4n) is 25.6. The van der Waals surface area contributed by atoms with E-state index in [-0.39, 0.29) is 16.2 Å². The fraction of sp³-hybridized carbons (Fsp3) is 0.0629. The Morgan fingerprint density at radius 3 is 0.664 bits per heavy atom. The van der Waals surface area contributed by atoms with E-state index in [4.69, 9.17) is 0 Å². The van der Waals surface area contributed by atoms with Gasteiger partial charge < -0.3 is 0 Å². The zero-order valence-electron chi connectivity index (χ0n) is 80.8. The van der Waals surface area contributed by atoms with Crippen molar-refractivity contribution in [3.8, 4) is 134 Å². The summed E-state index contributed by atoms with van der Waals surface area (Å²) in [6.07, 6.45) is 0. The highest BCUT2D eigenvalue weighted by atomic mass is 14.4. The molecule has 26 aromatic rings. The molecule has 0 heteroatoms. The van der Waals surface area contributed by atoms with Gasteiger partial charge in [0.05, 0.1) is 0 Å². The lowest BCUT2D eigenvalue weighted by Gasteiger charge is -2.22. The zero-order chi connectivity index (χ0) is 95.5. The number of hydrogen-bond acceptors (Lipinski definition) is 0. The maximum absolute atomic E-state index is 2.47. The van der Waals surface area contributed by atoms with Gasteiger partial charge in [0.25, 0.3) is 0 Å². The largest absolute Gasteiger partial charge is 0.0622 e. The predicted octanol–water partition coefficient (Wildman–Crippen LogP) is 39.7. The summed E-state index contributed by atoms with van der Waals surface area (Å²) in [7, 11) is 0. The van der Waals surface area contributed by atoms with E-state index in [2.05, 4.69) is 539 Å². The quantitative estimate of drug-likeness (QED) is 0.126. The van der Waals surface area contributed by atoms with Crippen LogP contribution in [-0.4, -0.2) is 0 Å². The summed E-state index contributed by atoms with van der Waals surface area (Å²) in [4.78, 5) is 0. The van der Waals surface area contributed by atoms with Gasteiger partial charge in [0.15, 0.2) is 0 Å². The van der Waals surface area contributed by atoms with Crippen LogP contribution >= 0.6 is 0 Å². The molecule has 0 N–H and O–H groups in total. The molecule has 3 aliphatic rings. The van der Waals surface area contributed by atoms with Crippen molar-refractivity contribution in [1.82, 2.24) is 0 Å². The van der Waals surface area contributed by atoms with Gasteiger partial charge in [0.1, 0.15) is 0 Å². The summed E-state index contributed by atoms with van der Waals surface area (Å²) in [5.41, 5.74) is 39.4. The van der Waals surface area contributed by atoms with Crippen molar-refractivity contribution in [3.63, 3.8) is 0 Å². The Morgan fingerprint density at radius 2 is 0.322 bits per heavy atom. The van der Waals surface area contributed by atoms with Crippen molar-refractivity contribution in [2.45, 2.75) is 57.8 Å². The van der Waals surface area contributed by atoms with Gasteiger partial charge in [-0.05, 0) is 328 Å². The standard InChI is InChI=1S/2C49H34.C45H32/c1-49(2)44-27-12-11-24-42(44)48-36(25-14-28-45(48)49)33-29-32-16-4-6-19-35(32)43(30-33)47-40-22-9-7-20-38(40)46(39-21-8-10-23-41(39)47)37-26-13-17-31-15-3-5-18-34(31)37;1-49(2)44-24-12-11-22-42(44)48-37(23-13-25-45(48)49)35-29-33-16-5-6-17-36(33)43(30-35)47-40-20-9-7-18-38(40)46(39-19-8-10-21-41(39)47)34-27-26-31-14-3-4-15-32(31)28-34;1-45(2)40-25-13-12-23-38(40)44-33(24-14-26-41(44)45)31-27-30-17-6-7-18-32(30)39(28-31)43-36-21-10-8-19-34(36)42(29-15-4-3-5-16-29)35-20-9-11-22-37(35)43/h2*3-30H,1-2H3;3-28H,1-2H3. The summed E-state index contributed by atoms with van der Waals surface area (Å²) in [5, 5.41) is 28.0. The lowest BCUT2D eigenvalue weighted by atomic mass is 9.81. The lowest BCUT2D eigenvalue weighted by molar-refractivity contribution is 0.660. The minimum atomic E-state index is -0.0501. The molecule has 29 rings (SSSR count). The summed E-state index contributed by atoms with van der Waals surface area (Å²) in [6.45, 7) is 14.2. The van der Waals surface area contributed by atoms with Crippen LogP contribution in [0.4, 0.5) is 0 Å². The first kappa shape index (κ1) is 84.8. The molecule has 0 nitrogen and oxygen atoms in total. The number of fused-ring (bicyclic) bond motifs is 20. The van der Waals surface area contributed by atoms with E-state index in [1.54, 1.807) is 0 Å². The van der Waals surface area contributed by atoms with Crippen LogP contribution in [0.3, 0.4) is 0 Å². The number of benzene rings is 26. The summed E-state index contributed by atoms with van der Waals surface area (Å²) in [5.74, 6) is 0. The first-order valence-electron chi connectivity index (χ1n) is 50.4. The molecule has 0 saturated carbocycles. The van der Waals surface area contributed by atoms with Crippen molar-refractivity contribution in [1.29, 1.82) is 0 Å².